The standard InChI is InChI=1S/C24H21F3N4O2/c25-24(26,27)19-6-9-22(28-15-19)33-21-3-1-2-17(13-21)12-16-4-7-20(8-5-16)31-23(32)18-10-11-29-30-14-18/h1-3,6,9-15,20H,4-5,7-8H2,(H,31,32). The summed E-state index contributed by atoms with van der Waals surface area (Å²) >= 11 is 0. The van der Waals surface area contributed by atoms with Crippen molar-refractivity contribution >= 4 is 12.0 Å². The summed E-state index contributed by atoms with van der Waals surface area (Å²) in [7, 11) is 0. The van der Waals surface area contributed by atoms with Crippen LogP contribution in [0.3, 0.4) is 0 Å². The van der Waals surface area contributed by atoms with Crippen LogP contribution in [0, 0.1) is 0 Å². The van der Waals surface area contributed by atoms with E-state index in [1.165, 1.54) is 24.0 Å². The van der Waals surface area contributed by atoms with Gasteiger partial charge in [0.1, 0.15) is 5.75 Å². The minimum absolute atomic E-state index is 0.0912. The van der Waals surface area contributed by atoms with Crippen LogP contribution in [0.25, 0.3) is 6.08 Å². The van der Waals surface area contributed by atoms with Gasteiger partial charge in [0.15, 0.2) is 0 Å². The Hall–Kier alpha value is -3.75. The highest BCUT2D eigenvalue weighted by Gasteiger charge is 2.30. The summed E-state index contributed by atoms with van der Waals surface area (Å²) in [5.41, 5.74) is 1.86. The second-order valence-electron chi connectivity index (χ2n) is 7.74. The van der Waals surface area contributed by atoms with Crippen molar-refractivity contribution in [1.82, 2.24) is 20.5 Å². The predicted molar refractivity (Wildman–Crippen MR) is 115 cm³/mol. The van der Waals surface area contributed by atoms with Crippen molar-refractivity contribution in [2.45, 2.75) is 37.9 Å². The lowest BCUT2D eigenvalue weighted by atomic mass is 9.89. The van der Waals surface area contributed by atoms with E-state index in [2.05, 4.69) is 26.6 Å². The Labute approximate surface area is 188 Å². The molecule has 1 amide bonds. The molecular weight excluding hydrogens is 433 g/mol. The topological polar surface area (TPSA) is 77.0 Å². The molecule has 0 unspecified atom stereocenters. The molecule has 0 spiro atoms. The fourth-order valence-corrected chi connectivity index (χ4v) is 3.60. The van der Waals surface area contributed by atoms with Crippen molar-refractivity contribution in [2.24, 2.45) is 0 Å². The second-order valence-corrected chi connectivity index (χ2v) is 7.74. The molecule has 1 fully saturated rings. The number of carbonyl (C=O) groups excluding carboxylic acids is 1. The molecule has 1 aliphatic carbocycles. The van der Waals surface area contributed by atoms with Crippen LogP contribution in [0.1, 0.15) is 47.2 Å². The Morgan fingerprint density at radius 3 is 2.55 bits per heavy atom. The van der Waals surface area contributed by atoms with Gasteiger partial charge in [0, 0.05) is 18.3 Å². The van der Waals surface area contributed by atoms with E-state index in [1.54, 1.807) is 12.1 Å². The van der Waals surface area contributed by atoms with Crippen molar-refractivity contribution in [3.63, 3.8) is 0 Å². The zero-order valence-corrected chi connectivity index (χ0v) is 17.5. The average molecular weight is 454 g/mol. The van der Waals surface area contributed by atoms with E-state index in [4.69, 9.17) is 4.74 Å². The van der Waals surface area contributed by atoms with E-state index >= 15 is 0 Å². The number of carbonyl (C=O) groups is 1. The highest BCUT2D eigenvalue weighted by Crippen LogP contribution is 2.31. The summed E-state index contributed by atoms with van der Waals surface area (Å²) in [6.07, 6.45) is 4.71. The molecule has 1 aliphatic rings. The number of ether oxygens (including phenoxy) is 1. The van der Waals surface area contributed by atoms with Crippen molar-refractivity contribution in [3.8, 4) is 11.6 Å². The number of rotatable bonds is 5. The van der Waals surface area contributed by atoms with Crippen LogP contribution in [0.4, 0.5) is 13.2 Å². The van der Waals surface area contributed by atoms with E-state index in [0.717, 1.165) is 43.5 Å². The summed E-state index contributed by atoms with van der Waals surface area (Å²) < 4.78 is 43.6. The average Bonchev–Trinajstić information content (AvgIpc) is 2.81. The zero-order chi connectivity index (χ0) is 23.3. The van der Waals surface area contributed by atoms with Crippen LogP contribution < -0.4 is 10.1 Å². The fourth-order valence-electron chi connectivity index (χ4n) is 3.60. The van der Waals surface area contributed by atoms with Crippen LogP contribution in [0.15, 0.2) is 66.6 Å². The van der Waals surface area contributed by atoms with Gasteiger partial charge in [0.2, 0.25) is 5.88 Å². The highest BCUT2D eigenvalue weighted by atomic mass is 19.4. The summed E-state index contributed by atoms with van der Waals surface area (Å²) in [4.78, 5) is 16.0. The van der Waals surface area contributed by atoms with Gasteiger partial charge in [-0.25, -0.2) is 4.98 Å². The Bertz CT molecular complexity index is 1120. The van der Waals surface area contributed by atoms with Crippen LogP contribution in [0.5, 0.6) is 11.6 Å². The van der Waals surface area contributed by atoms with Crippen molar-refractivity contribution in [1.29, 1.82) is 0 Å². The van der Waals surface area contributed by atoms with Gasteiger partial charge in [-0.1, -0.05) is 23.8 Å². The third kappa shape index (κ3) is 6.15. The minimum Gasteiger partial charge on any atom is -0.439 e. The molecule has 9 heteroatoms. The van der Waals surface area contributed by atoms with E-state index in [9.17, 15) is 18.0 Å². The molecule has 0 aliphatic heterocycles. The van der Waals surface area contributed by atoms with Crippen LogP contribution in [0.2, 0.25) is 0 Å². The Morgan fingerprint density at radius 2 is 1.88 bits per heavy atom. The van der Waals surface area contributed by atoms with Gasteiger partial charge in [0.05, 0.1) is 23.5 Å². The number of allylic oxidation sites excluding steroid dienone is 1. The van der Waals surface area contributed by atoms with Crippen molar-refractivity contribution < 1.29 is 22.7 Å². The molecule has 2 aromatic heterocycles. The molecule has 0 radical (unpaired) electrons. The molecule has 0 saturated heterocycles. The number of pyridine rings is 1. The van der Waals surface area contributed by atoms with Gasteiger partial charge in [-0.3, -0.25) is 4.79 Å². The number of nitrogens with one attached hydrogen (secondary N) is 1. The Kier molecular flexibility index (Phi) is 6.67. The summed E-state index contributed by atoms with van der Waals surface area (Å²) in [6, 6.07) is 11.2. The number of nitrogens with zero attached hydrogens (tertiary/aromatic N) is 3. The summed E-state index contributed by atoms with van der Waals surface area (Å²) in [5, 5.41) is 10.4. The maximum atomic E-state index is 12.7. The van der Waals surface area contributed by atoms with Crippen molar-refractivity contribution in [3.05, 3.63) is 83.3 Å². The molecule has 33 heavy (non-hydrogen) atoms. The predicted octanol–water partition coefficient (Wildman–Crippen LogP) is 5.44. The number of hydrogen-bond acceptors (Lipinski definition) is 5. The molecule has 4 rings (SSSR count). The van der Waals surface area contributed by atoms with Gasteiger partial charge in [-0.15, -0.1) is 0 Å². The molecular formula is C24H21F3N4O2. The van der Waals surface area contributed by atoms with E-state index in [1.807, 2.05) is 18.2 Å². The number of hydrogen-bond donors (Lipinski definition) is 1. The van der Waals surface area contributed by atoms with Gasteiger partial charge in [-0.2, -0.15) is 23.4 Å². The smallest absolute Gasteiger partial charge is 0.417 e. The highest BCUT2D eigenvalue weighted by molar-refractivity contribution is 5.93. The monoisotopic (exact) mass is 454 g/mol. The maximum Gasteiger partial charge on any atom is 0.417 e. The largest absolute Gasteiger partial charge is 0.439 e. The summed E-state index contributed by atoms with van der Waals surface area (Å²) in [5.74, 6) is 0.432. The number of aromatic nitrogens is 3. The lowest BCUT2D eigenvalue weighted by Gasteiger charge is -2.25. The van der Waals surface area contributed by atoms with Gasteiger partial charge >= 0.3 is 6.18 Å². The van der Waals surface area contributed by atoms with Crippen LogP contribution in [-0.2, 0) is 6.18 Å². The van der Waals surface area contributed by atoms with Gasteiger partial charge < -0.3 is 10.1 Å². The number of alkyl halides is 3. The number of halogens is 3. The first-order valence-corrected chi connectivity index (χ1v) is 10.4. The van der Waals surface area contributed by atoms with E-state index in [0.29, 0.717) is 11.3 Å². The molecule has 0 bridgehead atoms. The summed E-state index contributed by atoms with van der Waals surface area (Å²) in [6.45, 7) is 0. The van der Waals surface area contributed by atoms with Crippen molar-refractivity contribution in [2.75, 3.05) is 0 Å². The molecule has 170 valence electrons. The number of benzene rings is 1. The van der Waals surface area contributed by atoms with Crippen LogP contribution in [-0.4, -0.2) is 27.1 Å². The molecule has 1 N–H and O–H groups in total. The van der Waals surface area contributed by atoms with E-state index in [-0.39, 0.29) is 17.8 Å². The minimum atomic E-state index is -4.43. The zero-order valence-electron chi connectivity index (χ0n) is 17.5. The quantitative estimate of drug-likeness (QED) is 0.556. The molecule has 3 aromatic rings. The molecule has 1 saturated carbocycles. The van der Waals surface area contributed by atoms with Gasteiger partial charge in [-0.05, 0) is 55.5 Å². The third-order valence-corrected chi connectivity index (χ3v) is 5.32. The fraction of sp³-hybridized carbons (Fsp3) is 0.250. The maximum absolute atomic E-state index is 12.7. The van der Waals surface area contributed by atoms with E-state index < -0.39 is 11.7 Å². The van der Waals surface area contributed by atoms with Gasteiger partial charge in [0.25, 0.3) is 5.91 Å². The molecule has 0 atom stereocenters. The first-order chi connectivity index (χ1) is 15.9. The molecule has 1 aromatic carbocycles. The lowest BCUT2D eigenvalue weighted by molar-refractivity contribution is -0.137. The SMILES string of the molecule is O=C(NC1CCC(=Cc2cccc(Oc3ccc(C(F)(F)F)cn3)c2)CC1)c1ccnnc1. The lowest BCUT2D eigenvalue weighted by Crippen LogP contribution is -2.36. The Morgan fingerprint density at radius 1 is 1.06 bits per heavy atom. The third-order valence-electron chi connectivity index (χ3n) is 5.32. The molecule has 2 heterocycles. The normalized spacial score (nSPS) is 16.2. The first kappa shape index (κ1) is 22.4. The second kappa shape index (κ2) is 9.81. The molecule has 6 nitrogen and oxygen atoms in total. The van der Waals surface area contributed by atoms with Crippen LogP contribution >= 0.6 is 0 Å². The Balaban J connectivity index is 1.34. The first-order valence-electron chi connectivity index (χ1n) is 10.4. The number of amides is 1.